The number of nitrogens with one attached hydrogen (secondary N) is 1. The lowest BCUT2D eigenvalue weighted by atomic mass is 10.1. The quantitative estimate of drug-likeness (QED) is 0.425. The Morgan fingerprint density at radius 1 is 0.895 bits per heavy atom. The lowest BCUT2D eigenvalue weighted by Crippen LogP contribution is -2.48. The van der Waals surface area contributed by atoms with E-state index in [1.807, 2.05) is 81.4 Å². The Morgan fingerprint density at radius 2 is 1.66 bits per heavy atom. The van der Waals surface area contributed by atoms with Crippen LogP contribution in [0.4, 0.5) is 10.5 Å². The minimum absolute atomic E-state index is 0.0342. The molecule has 1 aliphatic rings. The van der Waals surface area contributed by atoms with E-state index in [9.17, 15) is 9.59 Å². The summed E-state index contributed by atoms with van der Waals surface area (Å²) in [6.45, 7) is 10.8. The first-order valence-corrected chi connectivity index (χ1v) is 13.2. The van der Waals surface area contributed by atoms with E-state index in [-0.39, 0.29) is 18.5 Å². The number of nitrogens with zero attached hydrogens (tertiary/aromatic N) is 3. The predicted molar refractivity (Wildman–Crippen MR) is 148 cm³/mol. The van der Waals surface area contributed by atoms with Gasteiger partial charge in [0.25, 0.3) is 0 Å². The van der Waals surface area contributed by atoms with Crippen molar-refractivity contribution in [2.24, 2.45) is 0 Å². The number of hydrogen-bond donors (Lipinski definition) is 1. The summed E-state index contributed by atoms with van der Waals surface area (Å²) < 4.78 is 11.2. The molecule has 0 bridgehead atoms. The molecule has 0 radical (unpaired) electrons. The molecule has 0 atom stereocenters. The van der Waals surface area contributed by atoms with Gasteiger partial charge in [-0.05, 0) is 61.7 Å². The van der Waals surface area contributed by atoms with Crippen LogP contribution >= 0.6 is 0 Å². The Morgan fingerprint density at radius 3 is 2.34 bits per heavy atom. The van der Waals surface area contributed by atoms with Crippen molar-refractivity contribution in [2.75, 3.05) is 51.3 Å². The summed E-state index contributed by atoms with van der Waals surface area (Å²) >= 11 is 0. The van der Waals surface area contributed by atoms with Crippen LogP contribution in [0.1, 0.15) is 28.2 Å². The second kappa shape index (κ2) is 13.3. The smallest absolute Gasteiger partial charge is 0.322 e. The molecule has 1 fully saturated rings. The highest BCUT2D eigenvalue weighted by molar-refractivity contribution is 5.92. The molecule has 4 rings (SSSR count). The minimum atomic E-state index is -0.289. The number of carbonyl (C=O) groups excluding carboxylic acids is 2. The molecule has 0 unspecified atom stereocenters. The summed E-state index contributed by atoms with van der Waals surface area (Å²) in [5.41, 5.74) is 3.99. The zero-order valence-corrected chi connectivity index (χ0v) is 22.6. The molecule has 202 valence electrons. The Hall–Kier alpha value is -3.62. The fourth-order valence-corrected chi connectivity index (χ4v) is 4.42. The van der Waals surface area contributed by atoms with Crippen molar-refractivity contribution in [2.45, 2.75) is 33.9 Å². The van der Waals surface area contributed by atoms with Gasteiger partial charge in [0.15, 0.2) is 0 Å². The Kier molecular flexibility index (Phi) is 9.56. The molecule has 2 heterocycles. The monoisotopic (exact) mass is 518 g/mol. The molecule has 8 heteroatoms. The van der Waals surface area contributed by atoms with Gasteiger partial charge in [-0.15, -0.1) is 0 Å². The molecule has 38 heavy (non-hydrogen) atoms. The first-order valence-electron chi connectivity index (χ1n) is 13.2. The van der Waals surface area contributed by atoms with Gasteiger partial charge in [-0.1, -0.05) is 36.4 Å². The van der Waals surface area contributed by atoms with E-state index in [2.05, 4.69) is 10.2 Å². The minimum Gasteiger partial charge on any atom is -0.464 e. The van der Waals surface area contributed by atoms with Crippen LogP contribution in [-0.2, 0) is 22.6 Å². The summed E-state index contributed by atoms with van der Waals surface area (Å²) in [6.07, 6.45) is 0. The van der Waals surface area contributed by atoms with E-state index >= 15 is 0 Å². The van der Waals surface area contributed by atoms with Crippen LogP contribution in [0.25, 0.3) is 0 Å². The Balaban J connectivity index is 1.50. The normalized spacial score (nSPS) is 13.8. The first-order chi connectivity index (χ1) is 18.4. The molecule has 0 spiro atoms. The summed E-state index contributed by atoms with van der Waals surface area (Å²) in [5.74, 6) is 1.37. The van der Waals surface area contributed by atoms with Crippen LogP contribution in [0, 0.1) is 20.8 Å². The molecule has 3 aromatic rings. The van der Waals surface area contributed by atoms with E-state index in [0.29, 0.717) is 50.8 Å². The maximum Gasteiger partial charge on any atom is 0.322 e. The van der Waals surface area contributed by atoms with E-state index in [4.69, 9.17) is 9.15 Å². The lowest BCUT2D eigenvalue weighted by molar-refractivity contribution is -0.133. The van der Waals surface area contributed by atoms with Crippen molar-refractivity contribution < 1.29 is 18.7 Å². The summed E-state index contributed by atoms with van der Waals surface area (Å²) in [6, 6.07) is 19.2. The van der Waals surface area contributed by atoms with Crippen LogP contribution in [0.2, 0.25) is 0 Å². The van der Waals surface area contributed by atoms with Gasteiger partial charge >= 0.3 is 6.03 Å². The Bertz CT molecular complexity index is 1200. The first kappa shape index (κ1) is 27.4. The number of anilines is 1. The molecule has 3 amide bonds. The molecular weight excluding hydrogens is 480 g/mol. The number of rotatable bonds is 10. The molecule has 0 saturated carbocycles. The van der Waals surface area contributed by atoms with Crippen LogP contribution < -0.4 is 5.32 Å². The van der Waals surface area contributed by atoms with Gasteiger partial charge in [0.05, 0.1) is 19.8 Å². The van der Waals surface area contributed by atoms with Crippen molar-refractivity contribution in [3.8, 4) is 0 Å². The number of carbonyl (C=O) groups is 2. The zero-order valence-electron chi connectivity index (χ0n) is 22.6. The van der Waals surface area contributed by atoms with Gasteiger partial charge in [-0.3, -0.25) is 9.69 Å². The van der Waals surface area contributed by atoms with Crippen molar-refractivity contribution in [3.05, 3.63) is 88.9 Å². The average molecular weight is 519 g/mol. The van der Waals surface area contributed by atoms with Crippen LogP contribution in [0.15, 0.2) is 65.1 Å². The third kappa shape index (κ3) is 7.94. The van der Waals surface area contributed by atoms with Gasteiger partial charge in [-0.2, -0.15) is 0 Å². The highest BCUT2D eigenvalue weighted by Gasteiger charge is 2.24. The summed E-state index contributed by atoms with van der Waals surface area (Å²) in [7, 11) is 0. The topological polar surface area (TPSA) is 78.3 Å². The highest BCUT2D eigenvalue weighted by atomic mass is 16.5. The van der Waals surface area contributed by atoms with Gasteiger partial charge < -0.3 is 24.3 Å². The van der Waals surface area contributed by atoms with Crippen molar-refractivity contribution in [1.82, 2.24) is 14.7 Å². The van der Waals surface area contributed by atoms with Crippen molar-refractivity contribution >= 4 is 17.6 Å². The number of morpholine rings is 1. The van der Waals surface area contributed by atoms with Gasteiger partial charge in [-0.25, -0.2) is 4.79 Å². The molecule has 8 nitrogen and oxygen atoms in total. The SMILES string of the molecule is Cc1ccc(CN(Cc2ccccc2)C(=O)CN(CCN2CCOCC2)C(=O)Nc2ccc(C)c(C)c2)o1. The van der Waals surface area contributed by atoms with Crippen LogP contribution in [0.3, 0.4) is 0 Å². The van der Waals surface area contributed by atoms with Crippen LogP contribution in [0.5, 0.6) is 0 Å². The summed E-state index contributed by atoms with van der Waals surface area (Å²) in [4.78, 5) is 32.8. The molecule has 2 aromatic carbocycles. The van der Waals surface area contributed by atoms with E-state index < -0.39 is 0 Å². The third-order valence-corrected chi connectivity index (χ3v) is 6.87. The third-order valence-electron chi connectivity index (χ3n) is 6.87. The lowest BCUT2D eigenvalue weighted by Gasteiger charge is -2.31. The molecular formula is C30H38N4O4. The standard InChI is InChI=1S/C30H38N4O4/c1-23-9-11-27(19-24(23)2)31-30(36)33(14-13-32-15-17-37-18-16-32)22-29(35)34(20-26-7-5-4-6-8-26)21-28-12-10-25(3)38-28/h4-12,19H,13-18,20-22H2,1-3H3,(H,31,36). The van der Waals surface area contributed by atoms with E-state index in [1.165, 1.54) is 0 Å². The fraction of sp³-hybridized carbons (Fsp3) is 0.400. The van der Waals surface area contributed by atoms with Crippen molar-refractivity contribution in [3.63, 3.8) is 0 Å². The van der Waals surface area contributed by atoms with Crippen LogP contribution in [-0.4, -0.2) is 72.6 Å². The number of benzene rings is 2. The average Bonchev–Trinajstić information content (AvgIpc) is 3.33. The predicted octanol–water partition coefficient (Wildman–Crippen LogP) is 4.60. The maximum absolute atomic E-state index is 13.7. The number of aryl methyl sites for hydroxylation is 3. The second-order valence-electron chi connectivity index (χ2n) is 9.85. The molecule has 0 aliphatic carbocycles. The number of ether oxygens (including phenoxy) is 1. The van der Waals surface area contributed by atoms with Gasteiger partial charge in [0.1, 0.15) is 18.1 Å². The van der Waals surface area contributed by atoms with Gasteiger partial charge in [0.2, 0.25) is 5.91 Å². The van der Waals surface area contributed by atoms with E-state index in [1.54, 1.807) is 9.80 Å². The number of amides is 3. The highest BCUT2D eigenvalue weighted by Crippen LogP contribution is 2.16. The zero-order chi connectivity index (χ0) is 26.9. The number of hydrogen-bond acceptors (Lipinski definition) is 5. The Labute approximate surface area is 225 Å². The second-order valence-corrected chi connectivity index (χ2v) is 9.85. The fourth-order valence-electron chi connectivity index (χ4n) is 4.42. The number of urea groups is 1. The largest absolute Gasteiger partial charge is 0.464 e. The van der Waals surface area contributed by atoms with Gasteiger partial charge in [0, 0.05) is 38.4 Å². The molecule has 1 N–H and O–H groups in total. The van der Waals surface area contributed by atoms with Crippen molar-refractivity contribution in [1.29, 1.82) is 0 Å². The molecule has 1 aromatic heterocycles. The number of furan rings is 1. The van der Waals surface area contributed by atoms with E-state index in [0.717, 1.165) is 35.5 Å². The molecule has 1 saturated heterocycles. The molecule has 1 aliphatic heterocycles. The summed E-state index contributed by atoms with van der Waals surface area (Å²) in [5, 5.41) is 3.00. The maximum atomic E-state index is 13.7.